The van der Waals surface area contributed by atoms with E-state index in [1.165, 1.54) is 13.0 Å². The largest absolute Gasteiger partial charge is 0.457 e. The van der Waals surface area contributed by atoms with E-state index >= 15 is 0 Å². The number of carbonyl (C=O) groups is 1. The highest BCUT2D eigenvalue weighted by Gasteiger charge is 2.34. The third-order valence-corrected chi connectivity index (χ3v) is 8.37. The highest BCUT2D eigenvalue weighted by atomic mass is 19.4. The summed E-state index contributed by atoms with van der Waals surface area (Å²) in [4.78, 5) is 24.9. The number of imidazole rings is 1. The van der Waals surface area contributed by atoms with Crippen LogP contribution in [0.2, 0.25) is 0 Å². The van der Waals surface area contributed by atoms with E-state index in [9.17, 15) is 18.0 Å². The Labute approximate surface area is 254 Å². The number of amides is 1. The van der Waals surface area contributed by atoms with Crippen LogP contribution in [0, 0.1) is 6.92 Å². The fourth-order valence-electron chi connectivity index (χ4n) is 6.07. The molecule has 1 amide bonds. The van der Waals surface area contributed by atoms with Gasteiger partial charge in [-0.2, -0.15) is 13.2 Å². The molecule has 12 heteroatoms. The van der Waals surface area contributed by atoms with Crippen LogP contribution < -0.4 is 15.4 Å². The molecule has 2 aromatic heterocycles. The summed E-state index contributed by atoms with van der Waals surface area (Å²) in [5, 5.41) is 5.85. The first-order chi connectivity index (χ1) is 21.1. The van der Waals surface area contributed by atoms with Crippen molar-refractivity contribution in [1.29, 1.82) is 0 Å². The van der Waals surface area contributed by atoms with Gasteiger partial charge in [-0.15, -0.1) is 0 Å². The first-order valence-corrected chi connectivity index (χ1v) is 14.9. The molecule has 0 atom stereocenters. The average molecular weight is 608 g/mol. The SMILES string of the molecule is CCN1CCN(Cc2ccc(Nc3nc4c(C)c(Oc5ccnc(NC(C)=O)c5)cc5c4n3CCC5)cc2C(F)(F)F)CC1. The summed E-state index contributed by atoms with van der Waals surface area (Å²) >= 11 is 0. The number of piperazine rings is 1. The topological polar surface area (TPSA) is 87.6 Å². The molecule has 1 saturated heterocycles. The molecule has 0 unspecified atom stereocenters. The van der Waals surface area contributed by atoms with Crippen LogP contribution >= 0.6 is 0 Å². The third-order valence-electron chi connectivity index (χ3n) is 8.37. The van der Waals surface area contributed by atoms with Gasteiger partial charge in [0.15, 0.2) is 0 Å². The molecule has 0 radical (unpaired) electrons. The van der Waals surface area contributed by atoms with Crippen LogP contribution in [0.15, 0.2) is 42.6 Å². The van der Waals surface area contributed by atoms with E-state index in [0.29, 0.717) is 35.5 Å². The smallest absolute Gasteiger partial charge is 0.416 e. The zero-order chi connectivity index (χ0) is 31.0. The number of hydrogen-bond donors (Lipinski definition) is 2. The van der Waals surface area contributed by atoms with Crippen LogP contribution in [0.3, 0.4) is 0 Å². The monoisotopic (exact) mass is 607 g/mol. The fraction of sp³-hybridized carbons (Fsp3) is 0.406. The van der Waals surface area contributed by atoms with Gasteiger partial charge in [-0.1, -0.05) is 13.0 Å². The first-order valence-electron chi connectivity index (χ1n) is 14.9. The predicted molar refractivity (Wildman–Crippen MR) is 164 cm³/mol. The van der Waals surface area contributed by atoms with E-state index in [0.717, 1.165) is 67.7 Å². The second-order valence-electron chi connectivity index (χ2n) is 11.4. The van der Waals surface area contributed by atoms with Crippen molar-refractivity contribution in [3.05, 3.63) is 64.8 Å². The van der Waals surface area contributed by atoms with Crippen LogP contribution in [0.5, 0.6) is 11.5 Å². The maximum absolute atomic E-state index is 14.3. The zero-order valence-corrected chi connectivity index (χ0v) is 25.1. The molecular weight excluding hydrogens is 571 g/mol. The van der Waals surface area contributed by atoms with Crippen molar-refractivity contribution in [2.24, 2.45) is 0 Å². The van der Waals surface area contributed by atoms with E-state index < -0.39 is 11.7 Å². The highest BCUT2D eigenvalue weighted by molar-refractivity contribution is 5.89. The Kier molecular flexibility index (Phi) is 8.21. The molecule has 0 saturated carbocycles. The van der Waals surface area contributed by atoms with Gasteiger partial charge >= 0.3 is 6.18 Å². The molecule has 232 valence electrons. The number of aromatic nitrogens is 3. The van der Waals surface area contributed by atoms with Crippen molar-refractivity contribution in [2.45, 2.75) is 52.9 Å². The van der Waals surface area contributed by atoms with Crippen LogP contribution in [-0.2, 0) is 30.5 Å². The van der Waals surface area contributed by atoms with Crippen LogP contribution in [0.1, 0.15) is 42.5 Å². The quantitative estimate of drug-likeness (QED) is 0.242. The molecule has 2 N–H and O–H groups in total. The normalized spacial score (nSPS) is 15.9. The molecule has 1 fully saturated rings. The molecule has 2 aliphatic rings. The molecule has 9 nitrogen and oxygen atoms in total. The molecule has 2 aliphatic heterocycles. The molecule has 0 spiro atoms. The summed E-state index contributed by atoms with van der Waals surface area (Å²) in [5.41, 5.74) is 3.54. The molecule has 4 heterocycles. The maximum Gasteiger partial charge on any atom is 0.416 e. The number of aryl methyl sites for hydroxylation is 3. The maximum atomic E-state index is 14.3. The lowest BCUT2D eigenvalue weighted by Crippen LogP contribution is -2.45. The number of anilines is 3. The van der Waals surface area contributed by atoms with Crippen LogP contribution in [0.25, 0.3) is 11.0 Å². The average Bonchev–Trinajstić information content (AvgIpc) is 3.35. The summed E-state index contributed by atoms with van der Waals surface area (Å²) in [6.07, 6.45) is -1.24. The lowest BCUT2D eigenvalue weighted by Gasteiger charge is -2.34. The molecule has 2 aromatic carbocycles. The number of likely N-dealkylation sites (N-methyl/N-ethyl adjacent to an activating group) is 1. The van der Waals surface area contributed by atoms with Gasteiger partial charge in [0.1, 0.15) is 17.3 Å². The number of carbonyl (C=O) groups excluding carboxylic acids is 1. The summed E-state index contributed by atoms with van der Waals surface area (Å²) in [6, 6.07) is 9.84. The Morgan fingerprint density at radius 2 is 1.82 bits per heavy atom. The number of alkyl halides is 3. The lowest BCUT2D eigenvalue weighted by atomic mass is 10.0. The van der Waals surface area contributed by atoms with Gasteiger partial charge in [-0.25, -0.2) is 9.97 Å². The first kappa shape index (κ1) is 29.9. The molecule has 44 heavy (non-hydrogen) atoms. The van der Waals surface area contributed by atoms with Crippen molar-refractivity contribution in [3.8, 4) is 11.5 Å². The number of nitrogens with zero attached hydrogens (tertiary/aromatic N) is 5. The van der Waals surface area contributed by atoms with Crippen LogP contribution in [0.4, 0.5) is 30.6 Å². The van der Waals surface area contributed by atoms with Crippen molar-refractivity contribution >= 4 is 34.4 Å². The second kappa shape index (κ2) is 12.1. The number of benzene rings is 2. The predicted octanol–water partition coefficient (Wildman–Crippen LogP) is 6.34. The van der Waals surface area contributed by atoms with Crippen LogP contribution in [-0.4, -0.2) is 63.0 Å². The van der Waals surface area contributed by atoms with Gasteiger partial charge in [0.05, 0.1) is 16.6 Å². The van der Waals surface area contributed by atoms with Gasteiger partial charge < -0.3 is 24.8 Å². The minimum Gasteiger partial charge on any atom is -0.457 e. The molecular formula is C32H36F3N7O2. The summed E-state index contributed by atoms with van der Waals surface area (Å²) < 4.78 is 51.1. The minimum atomic E-state index is -4.48. The number of nitrogens with one attached hydrogen (secondary N) is 2. The Morgan fingerprint density at radius 3 is 2.55 bits per heavy atom. The number of rotatable bonds is 8. The molecule has 6 rings (SSSR count). The van der Waals surface area contributed by atoms with E-state index in [1.807, 2.05) is 17.6 Å². The summed E-state index contributed by atoms with van der Waals surface area (Å²) in [7, 11) is 0. The Hall–Kier alpha value is -4.16. The number of hydrogen-bond acceptors (Lipinski definition) is 7. The van der Waals surface area contributed by atoms with Crippen molar-refractivity contribution in [1.82, 2.24) is 24.3 Å². The summed E-state index contributed by atoms with van der Waals surface area (Å²) in [5.74, 6) is 1.78. The van der Waals surface area contributed by atoms with Gasteiger partial charge in [-0.3, -0.25) is 9.69 Å². The van der Waals surface area contributed by atoms with Crippen molar-refractivity contribution in [2.75, 3.05) is 43.4 Å². The van der Waals surface area contributed by atoms with Gasteiger partial charge in [-0.05, 0) is 61.7 Å². The van der Waals surface area contributed by atoms with Crippen molar-refractivity contribution in [3.63, 3.8) is 0 Å². The Bertz CT molecular complexity index is 1690. The minimum absolute atomic E-state index is 0.232. The fourth-order valence-corrected chi connectivity index (χ4v) is 6.07. The number of pyridine rings is 1. The Balaban J connectivity index is 1.29. The summed E-state index contributed by atoms with van der Waals surface area (Å²) in [6.45, 7) is 10.6. The standard InChI is InChI=1S/C32H36F3N7O2/c1-4-40-12-14-41(15-13-40)19-23-7-8-24(17-26(23)32(33,34)35)38-31-39-29-20(2)27(16-22-6-5-11-42(31)30(22)29)44-25-9-10-36-28(18-25)37-21(3)43/h7-10,16-18H,4-6,11-15,19H2,1-3H3,(H,38,39)(H,36,37,43). The second-order valence-corrected chi connectivity index (χ2v) is 11.4. The highest BCUT2D eigenvalue weighted by Crippen LogP contribution is 2.39. The molecule has 0 bridgehead atoms. The van der Waals surface area contributed by atoms with Gasteiger partial charge in [0.25, 0.3) is 0 Å². The van der Waals surface area contributed by atoms with Crippen molar-refractivity contribution < 1.29 is 22.7 Å². The Morgan fingerprint density at radius 1 is 1.05 bits per heavy atom. The van der Waals surface area contributed by atoms with E-state index in [1.54, 1.807) is 30.5 Å². The molecule has 4 aromatic rings. The van der Waals surface area contributed by atoms with Gasteiger partial charge in [0.2, 0.25) is 11.9 Å². The third kappa shape index (κ3) is 6.22. The molecule has 0 aliphatic carbocycles. The zero-order valence-electron chi connectivity index (χ0n) is 25.1. The van der Waals surface area contributed by atoms with E-state index in [4.69, 9.17) is 9.72 Å². The van der Waals surface area contributed by atoms with Gasteiger partial charge in [0, 0.05) is 69.7 Å². The van der Waals surface area contributed by atoms with E-state index in [2.05, 4.69) is 32.3 Å². The van der Waals surface area contributed by atoms with E-state index in [-0.39, 0.29) is 18.0 Å². The number of ether oxygens (including phenoxy) is 1. The lowest BCUT2D eigenvalue weighted by molar-refractivity contribution is -0.138. The number of halogens is 3.